The van der Waals surface area contributed by atoms with Crippen LogP contribution >= 0.6 is 0 Å². The predicted molar refractivity (Wildman–Crippen MR) is 93.8 cm³/mol. The van der Waals surface area contributed by atoms with E-state index in [0.717, 1.165) is 49.7 Å². The van der Waals surface area contributed by atoms with Crippen LogP contribution in [0.15, 0.2) is 41.9 Å². The lowest BCUT2D eigenvalue weighted by atomic mass is 10.1. The van der Waals surface area contributed by atoms with Crippen molar-refractivity contribution in [1.82, 2.24) is 10.2 Å². The van der Waals surface area contributed by atoms with Crippen molar-refractivity contribution in [3.8, 4) is 5.75 Å². The Labute approximate surface area is 138 Å². The zero-order valence-electron chi connectivity index (χ0n) is 13.9. The SMILES string of the molecule is C=CCOc1ccccc1CN=C(NCC)N1CCC(O)CC1. The molecule has 0 aromatic heterocycles. The topological polar surface area (TPSA) is 57.1 Å². The molecule has 1 aromatic rings. The van der Waals surface area contributed by atoms with Crippen molar-refractivity contribution in [2.75, 3.05) is 26.2 Å². The fourth-order valence-corrected chi connectivity index (χ4v) is 2.59. The number of nitrogens with zero attached hydrogens (tertiary/aromatic N) is 2. The van der Waals surface area contributed by atoms with Gasteiger partial charge in [0.15, 0.2) is 5.96 Å². The smallest absolute Gasteiger partial charge is 0.194 e. The molecule has 0 radical (unpaired) electrons. The molecule has 23 heavy (non-hydrogen) atoms. The highest BCUT2D eigenvalue weighted by molar-refractivity contribution is 5.80. The maximum atomic E-state index is 9.65. The third-order valence-corrected chi connectivity index (χ3v) is 3.83. The minimum Gasteiger partial charge on any atom is -0.489 e. The van der Waals surface area contributed by atoms with Crippen molar-refractivity contribution < 1.29 is 9.84 Å². The second-order valence-electron chi connectivity index (χ2n) is 5.60. The lowest BCUT2D eigenvalue weighted by molar-refractivity contribution is 0.108. The van der Waals surface area contributed by atoms with Gasteiger partial charge in [0, 0.05) is 25.2 Å². The summed E-state index contributed by atoms with van der Waals surface area (Å²) in [5.41, 5.74) is 1.06. The Kier molecular flexibility index (Phi) is 6.94. The molecule has 0 bridgehead atoms. The molecule has 2 N–H and O–H groups in total. The van der Waals surface area contributed by atoms with Crippen LogP contribution in [-0.2, 0) is 6.54 Å². The van der Waals surface area contributed by atoms with Crippen LogP contribution in [0.25, 0.3) is 0 Å². The number of nitrogens with one attached hydrogen (secondary N) is 1. The Bertz CT molecular complexity index is 523. The van der Waals surface area contributed by atoms with Gasteiger partial charge in [-0.1, -0.05) is 30.9 Å². The fourth-order valence-electron chi connectivity index (χ4n) is 2.59. The van der Waals surface area contributed by atoms with Crippen LogP contribution in [0.2, 0.25) is 0 Å². The van der Waals surface area contributed by atoms with Gasteiger partial charge in [0.1, 0.15) is 12.4 Å². The molecule has 2 rings (SSSR count). The molecule has 1 aromatic carbocycles. The number of aliphatic hydroxyl groups excluding tert-OH is 1. The molecule has 1 saturated heterocycles. The van der Waals surface area contributed by atoms with Crippen molar-refractivity contribution in [2.45, 2.75) is 32.4 Å². The summed E-state index contributed by atoms with van der Waals surface area (Å²) in [6.45, 7) is 9.30. The number of likely N-dealkylation sites (tertiary alicyclic amines) is 1. The van der Waals surface area contributed by atoms with Gasteiger partial charge in [0.2, 0.25) is 0 Å². The second-order valence-corrected chi connectivity index (χ2v) is 5.60. The molecular weight excluding hydrogens is 290 g/mol. The molecule has 1 heterocycles. The molecule has 126 valence electrons. The molecule has 5 nitrogen and oxygen atoms in total. The van der Waals surface area contributed by atoms with Crippen LogP contribution in [0.1, 0.15) is 25.3 Å². The Morgan fingerprint density at radius 1 is 1.43 bits per heavy atom. The van der Waals surface area contributed by atoms with Crippen LogP contribution in [0, 0.1) is 0 Å². The lowest BCUT2D eigenvalue weighted by Gasteiger charge is -2.32. The van der Waals surface area contributed by atoms with Crippen LogP contribution in [0.3, 0.4) is 0 Å². The van der Waals surface area contributed by atoms with Crippen LogP contribution in [-0.4, -0.2) is 48.3 Å². The average molecular weight is 317 g/mol. The van der Waals surface area contributed by atoms with Crippen molar-refractivity contribution >= 4 is 5.96 Å². The Morgan fingerprint density at radius 2 is 2.17 bits per heavy atom. The maximum Gasteiger partial charge on any atom is 0.194 e. The molecule has 0 amide bonds. The number of hydrogen-bond donors (Lipinski definition) is 2. The van der Waals surface area contributed by atoms with E-state index in [1.807, 2.05) is 24.3 Å². The summed E-state index contributed by atoms with van der Waals surface area (Å²) in [6, 6.07) is 7.95. The first kappa shape index (κ1) is 17.3. The van der Waals surface area contributed by atoms with Crippen LogP contribution in [0.4, 0.5) is 0 Å². The van der Waals surface area contributed by atoms with Crippen molar-refractivity contribution in [3.63, 3.8) is 0 Å². The molecule has 5 heteroatoms. The fraction of sp³-hybridized carbons (Fsp3) is 0.500. The van der Waals surface area contributed by atoms with Crippen LogP contribution in [0.5, 0.6) is 5.75 Å². The van der Waals surface area contributed by atoms with Gasteiger partial charge in [0.05, 0.1) is 12.6 Å². The number of rotatable bonds is 6. The molecule has 0 spiro atoms. The summed E-state index contributed by atoms with van der Waals surface area (Å²) in [7, 11) is 0. The Hall–Kier alpha value is -2.01. The van der Waals surface area contributed by atoms with Gasteiger partial charge in [0.25, 0.3) is 0 Å². The van der Waals surface area contributed by atoms with Crippen molar-refractivity contribution in [2.24, 2.45) is 4.99 Å². The Morgan fingerprint density at radius 3 is 2.87 bits per heavy atom. The molecule has 0 unspecified atom stereocenters. The zero-order chi connectivity index (χ0) is 16.5. The zero-order valence-corrected chi connectivity index (χ0v) is 13.9. The minimum absolute atomic E-state index is 0.179. The van der Waals surface area contributed by atoms with E-state index < -0.39 is 0 Å². The summed E-state index contributed by atoms with van der Waals surface area (Å²) in [5, 5.41) is 13.0. The molecular formula is C18H27N3O2. The minimum atomic E-state index is -0.179. The van der Waals surface area contributed by atoms with Gasteiger partial charge in [-0.3, -0.25) is 0 Å². The molecule has 1 aliphatic heterocycles. The quantitative estimate of drug-likeness (QED) is 0.480. The average Bonchev–Trinajstić information content (AvgIpc) is 2.58. The van der Waals surface area contributed by atoms with E-state index in [2.05, 4.69) is 23.7 Å². The normalized spacial score (nSPS) is 16.3. The summed E-state index contributed by atoms with van der Waals surface area (Å²) in [5.74, 6) is 1.75. The third kappa shape index (κ3) is 5.28. The number of benzene rings is 1. The standard InChI is InChI=1S/C18H27N3O2/c1-3-13-23-17-8-6-5-7-15(17)14-20-18(19-4-2)21-11-9-16(22)10-12-21/h3,5-8,16,22H,1,4,9-14H2,2H3,(H,19,20). The number of aliphatic imine (C=N–C) groups is 1. The van der Waals surface area contributed by atoms with Gasteiger partial charge < -0.3 is 20.1 Å². The van der Waals surface area contributed by atoms with E-state index in [4.69, 9.17) is 9.73 Å². The first-order valence-corrected chi connectivity index (χ1v) is 8.27. The van der Waals surface area contributed by atoms with E-state index in [9.17, 15) is 5.11 Å². The first-order chi connectivity index (χ1) is 11.2. The maximum absolute atomic E-state index is 9.65. The number of aliphatic hydroxyl groups is 1. The van der Waals surface area contributed by atoms with E-state index >= 15 is 0 Å². The van der Waals surface area contributed by atoms with E-state index in [1.165, 1.54) is 0 Å². The molecule has 1 fully saturated rings. The lowest BCUT2D eigenvalue weighted by Crippen LogP contribution is -2.46. The van der Waals surface area contributed by atoms with E-state index in [0.29, 0.717) is 13.2 Å². The molecule has 0 saturated carbocycles. The largest absolute Gasteiger partial charge is 0.489 e. The van der Waals surface area contributed by atoms with Crippen LogP contribution < -0.4 is 10.1 Å². The highest BCUT2D eigenvalue weighted by Crippen LogP contribution is 2.19. The third-order valence-electron chi connectivity index (χ3n) is 3.83. The van der Waals surface area contributed by atoms with Gasteiger partial charge in [-0.05, 0) is 25.8 Å². The van der Waals surface area contributed by atoms with E-state index in [1.54, 1.807) is 6.08 Å². The summed E-state index contributed by atoms with van der Waals surface area (Å²) in [4.78, 5) is 6.96. The number of para-hydroxylation sites is 1. The van der Waals surface area contributed by atoms with Gasteiger partial charge in [-0.2, -0.15) is 0 Å². The van der Waals surface area contributed by atoms with Crippen molar-refractivity contribution in [1.29, 1.82) is 0 Å². The van der Waals surface area contributed by atoms with Gasteiger partial charge in [-0.25, -0.2) is 4.99 Å². The second kappa shape index (κ2) is 9.20. The molecule has 0 atom stereocenters. The first-order valence-electron chi connectivity index (χ1n) is 8.27. The number of piperidine rings is 1. The predicted octanol–water partition coefficient (Wildman–Crippen LogP) is 2.17. The Balaban J connectivity index is 2.06. The van der Waals surface area contributed by atoms with Crippen molar-refractivity contribution in [3.05, 3.63) is 42.5 Å². The van der Waals surface area contributed by atoms with E-state index in [-0.39, 0.29) is 6.10 Å². The van der Waals surface area contributed by atoms with Gasteiger partial charge >= 0.3 is 0 Å². The highest BCUT2D eigenvalue weighted by Gasteiger charge is 2.19. The summed E-state index contributed by atoms with van der Waals surface area (Å²) in [6.07, 6.45) is 3.15. The molecule has 1 aliphatic rings. The van der Waals surface area contributed by atoms with Gasteiger partial charge in [-0.15, -0.1) is 0 Å². The highest BCUT2D eigenvalue weighted by atomic mass is 16.5. The number of hydrogen-bond acceptors (Lipinski definition) is 3. The number of guanidine groups is 1. The molecule has 0 aliphatic carbocycles. The summed E-state index contributed by atoms with van der Waals surface area (Å²) >= 11 is 0. The summed E-state index contributed by atoms with van der Waals surface area (Å²) < 4.78 is 5.68. The number of ether oxygens (including phenoxy) is 1. The monoisotopic (exact) mass is 317 g/mol.